The second-order valence-corrected chi connectivity index (χ2v) is 10.9. The van der Waals surface area contributed by atoms with Gasteiger partial charge in [0.2, 0.25) is 0 Å². The van der Waals surface area contributed by atoms with Crippen LogP contribution in [0.2, 0.25) is 0 Å². The van der Waals surface area contributed by atoms with Gasteiger partial charge in [0.1, 0.15) is 0 Å². The molecule has 1 amide bonds. The predicted molar refractivity (Wildman–Crippen MR) is 163 cm³/mol. The molecule has 0 unspecified atom stereocenters. The zero-order valence-corrected chi connectivity index (χ0v) is 25.0. The summed E-state index contributed by atoms with van der Waals surface area (Å²) in [4.78, 5) is 17.6. The molecule has 2 heterocycles. The van der Waals surface area contributed by atoms with E-state index in [0.29, 0.717) is 17.9 Å². The molecule has 1 aliphatic heterocycles. The number of benzene rings is 2. The Labute approximate surface area is 250 Å². The quantitative estimate of drug-likeness (QED) is 0.159. The summed E-state index contributed by atoms with van der Waals surface area (Å²) in [5.74, 6) is 5.71. The molecule has 4 rings (SSSR count). The van der Waals surface area contributed by atoms with E-state index < -0.39 is 17.6 Å². The number of piperazine rings is 1. The molecule has 6 N–H and O–H groups in total. The molecule has 0 saturated carbocycles. The Hall–Kier alpha value is -3.91. The minimum Gasteiger partial charge on any atom is -0.397 e. The van der Waals surface area contributed by atoms with Gasteiger partial charge < -0.3 is 21.3 Å². The highest BCUT2D eigenvalue weighted by molar-refractivity contribution is 6.05. The van der Waals surface area contributed by atoms with Gasteiger partial charge in [0.05, 0.1) is 23.1 Å². The second-order valence-electron chi connectivity index (χ2n) is 10.9. The average molecular weight is 600 g/mol. The molecular formula is C30H40F3N9O. The topological polar surface area (TPSA) is 121 Å². The Kier molecular flexibility index (Phi) is 10.1. The van der Waals surface area contributed by atoms with Crippen molar-refractivity contribution in [3.63, 3.8) is 0 Å². The number of hydrogen-bond donors (Lipinski definition) is 4. The number of halogens is 3. The number of amides is 1. The molecule has 1 aromatic heterocycles. The Morgan fingerprint density at radius 3 is 2.47 bits per heavy atom. The summed E-state index contributed by atoms with van der Waals surface area (Å²) in [5, 5.41) is 11.2. The molecule has 1 fully saturated rings. The highest BCUT2D eigenvalue weighted by Gasteiger charge is 2.33. The lowest BCUT2D eigenvalue weighted by Gasteiger charge is -2.32. The number of nitrogens with zero attached hydrogens (tertiary/aromatic N) is 5. The minimum atomic E-state index is -4.58. The standard InChI is InChI=1S/C30H40F3N9O/c1-20-5-6-22(15-28(20)42(35)19-27(34)25-18-37-40(4)21(25)2)29(43)38-24-8-7-23(26(16-24)30(31,32)33)17-36-9-10-41-13-11-39(3)12-14-41/h5-8,15-16,18-19,36H,9-14,17,34-35H2,1-4H3,(H,38,43)/b27-19-. The van der Waals surface area contributed by atoms with Crippen LogP contribution < -0.4 is 27.2 Å². The van der Waals surface area contributed by atoms with Gasteiger partial charge in [-0.15, -0.1) is 0 Å². The second kappa shape index (κ2) is 13.6. The van der Waals surface area contributed by atoms with Crippen LogP contribution in [0.15, 0.2) is 48.8 Å². The molecule has 0 atom stereocenters. The number of anilines is 2. The number of carbonyl (C=O) groups is 1. The van der Waals surface area contributed by atoms with Gasteiger partial charge in [0, 0.05) is 81.6 Å². The van der Waals surface area contributed by atoms with Crippen LogP contribution in [-0.4, -0.2) is 71.8 Å². The maximum absolute atomic E-state index is 14.0. The van der Waals surface area contributed by atoms with E-state index in [4.69, 9.17) is 11.6 Å². The van der Waals surface area contributed by atoms with Gasteiger partial charge >= 0.3 is 6.18 Å². The van der Waals surface area contributed by atoms with Crippen LogP contribution >= 0.6 is 0 Å². The van der Waals surface area contributed by atoms with E-state index in [0.717, 1.165) is 55.6 Å². The van der Waals surface area contributed by atoms with E-state index in [1.54, 1.807) is 36.1 Å². The number of nitrogens with two attached hydrogens (primary N) is 2. The van der Waals surface area contributed by atoms with Crippen molar-refractivity contribution in [2.75, 3.05) is 56.6 Å². The van der Waals surface area contributed by atoms with Crippen molar-refractivity contribution < 1.29 is 18.0 Å². The number of alkyl halides is 3. The third kappa shape index (κ3) is 8.14. The summed E-state index contributed by atoms with van der Waals surface area (Å²) < 4.78 is 43.6. The summed E-state index contributed by atoms with van der Waals surface area (Å²) in [5.41, 5.74) is 9.08. The van der Waals surface area contributed by atoms with Crippen molar-refractivity contribution in [1.82, 2.24) is 24.9 Å². The van der Waals surface area contributed by atoms with Crippen molar-refractivity contribution in [1.29, 1.82) is 0 Å². The first kappa shape index (κ1) is 32.0. The van der Waals surface area contributed by atoms with Gasteiger partial charge in [-0.05, 0) is 56.3 Å². The fraction of sp³-hybridized carbons (Fsp3) is 0.400. The normalized spacial score (nSPS) is 15.1. The number of hydrazine groups is 1. The first-order chi connectivity index (χ1) is 20.3. The van der Waals surface area contributed by atoms with Crippen LogP contribution in [0.3, 0.4) is 0 Å². The van der Waals surface area contributed by atoms with Crippen LogP contribution in [0.4, 0.5) is 24.5 Å². The van der Waals surface area contributed by atoms with E-state index >= 15 is 0 Å². The fourth-order valence-electron chi connectivity index (χ4n) is 4.91. The summed E-state index contributed by atoms with van der Waals surface area (Å²) in [6.07, 6.45) is -1.41. The Bertz CT molecular complexity index is 1460. The molecule has 13 heteroatoms. The lowest BCUT2D eigenvalue weighted by Crippen LogP contribution is -2.46. The lowest BCUT2D eigenvalue weighted by atomic mass is 10.0. The SMILES string of the molecule is Cc1ccc(C(=O)Nc2ccc(CNCCN3CCN(C)CC3)c(C(F)(F)F)c2)cc1N(N)/C=C(\N)c1cnn(C)c1C. The molecule has 1 aliphatic rings. The molecule has 10 nitrogen and oxygen atoms in total. The molecule has 232 valence electrons. The maximum Gasteiger partial charge on any atom is 0.416 e. The Morgan fingerprint density at radius 1 is 1.09 bits per heavy atom. The molecule has 0 spiro atoms. The maximum atomic E-state index is 14.0. The lowest BCUT2D eigenvalue weighted by molar-refractivity contribution is -0.138. The number of carbonyl (C=O) groups excluding carboxylic acids is 1. The highest BCUT2D eigenvalue weighted by atomic mass is 19.4. The van der Waals surface area contributed by atoms with Crippen molar-refractivity contribution in [2.24, 2.45) is 18.6 Å². The Morgan fingerprint density at radius 2 is 1.81 bits per heavy atom. The predicted octanol–water partition coefficient (Wildman–Crippen LogP) is 3.28. The smallest absolute Gasteiger partial charge is 0.397 e. The van der Waals surface area contributed by atoms with Crippen molar-refractivity contribution in [2.45, 2.75) is 26.6 Å². The first-order valence-corrected chi connectivity index (χ1v) is 14.1. The van der Waals surface area contributed by atoms with E-state index in [-0.39, 0.29) is 23.4 Å². The van der Waals surface area contributed by atoms with Crippen LogP contribution in [-0.2, 0) is 19.8 Å². The zero-order valence-electron chi connectivity index (χ0n) is 25.0. The summed E-state index contributed by atoms with van der Waals surface area (Å²) in [6, 6.07) is 8.71. The number of aromatic nitrogens is 2. The van der Waals surface area contributed by atoms with Gasteiger partial charge in [-0.1, -0.05) is 12.1 Å². The molecule has 43 heavy (non-hydrogen) atoms. The van der Waals surface area contributed by atoms with Gasteiger partial charge in [0.25, 0.3) is 5.91 Å². The van der Waals surface area contributed by atoms with Crippen molar-refractivity contribution >= 4 is 23.0 Å². The number of likely N-dealkylation sites (N-methyl/N-ethyl adjacent to an activating group) is 1. The van der Waals surface area contributed by atoms with E-state index in [1.165, 1.54) is 23.3 Å². The summed E-state index contributed by atoms with van der Waals surface area (Å²) in [7, 11) is 3.88. The van der Waals surface area contributed by atoms with Gasteiger partial charge in [-0.3, -0.25) is 19.4 Å². The molecule has 3 aromatic rings. The van der Waals surface area contributed by atoms with Crippen molar-refractivity contribution in [3.8, 4) is 0 Å². The molecule has 0 aliphatic carbocycles. The third-order valence-electron chi connectivity index (χ3n) is 7.76. The summed E-state index contributed by atoms with van der Waals surface area (Å²) >= 11 is 0. The molecule has 0 radical (unpaired) electrons. The van der Waals surface area contributed by atoms with Crippen LogP contribution in [0, 0.1) is 13.8 Å². The number of aryl methyl sites for hydroxylation is 2. The fourth-order valence-corrected chi connectivity index (χ4v) is 4.91. The van der Waals surface area contributed by atoms with Gasteiger partial charge in [-0.2, -0.15) is 18.3 Å². The first-order valence-electron chi connectivity index (χ1n) is 14.1. The average Bonchev–Trinajstić information content (AvgIpc) is 3.29. The number of nitrogens with one attached hydrogen (secondary N) is 2. The van der Waals surface area contributed by atoms with Crippen LogP contribution in [0.5, 0.6) is 0 Å². The highest BCUT2D eigenvalue weighted by Crippen LogP contribution is 2.34. The monoisotopic (exact) mass is 599 g/mol. The van der Waals surface area contributed by atoms with Crippen molar-refractivity contribution in [3.05, 3.63) is 82.3 Å². The summed E-state index contributed by atoms with van der Waals surface area (Å²) in [6.45, 7) is 8.98. The van der Waals surface area contributed by atoms with E-state index in [1.807, 2.05) is 13.8 Å². The molecule has 2 aromatic carbocycles. The number of hydrogen-bond acceptors (Lipinski definition) is 8. The van der Waals surface area contributed by atoms with Crippen LogP contribution in [0.1, 0.15) is 38.3 Å². The Balaban J connectivity index is 1.43. The van der Waals surface area contributed by atoms with Crippen LogP contribution in [0.25, 0.3) is 5.70 Å². The molecule has 1 saturated heterocycles. The molecule has 0 bridgehead atoms. The van der Waals surface area contributed by atoms with Gasteiger partial charge in [0.15, 0.2) is 0 Å². The zero-order chi connectivity index (χ0) is 31.3. The van der Waals surface area contributed by atoms with E-state index in [9.17, 15) is 18.0 Å². The third-order valence-corrected chi connectivity index (χ3v) is 7.76. The molecular weight excluding hydrogens is 559 g/mol. The largest absolute Gasteiger partial charge is 0.416 e. The van der Waals surface area contributed by atoms with E-state index in [2.05, 4.69) is 32.6 Å². The minimum absolute atomic E-state index is 0.0430. The number of rotatable bonds is 10. The van der Waals surface area contributed by atoms with Gasteiger partial charge in [-0.25, -0.2) is 5.84 Å².